The van der Waals surface area contributed by atoms with Gasteiger partial charge in [0.15, 0.2) is 11.6 Å². The summed E-state index contributed by atoms with van der Waals surface area (Å²) in [6, 6.07) is 0. The molecule has 158 valence electrons. The first-order valence-corrected chi connectivity index (χ1v) is 9.77. The highest BCUT2D eigenvalue weighted by Crippen LogP contribution is 2.17. The van der Waals surface area contributed by atoms with Gasteiger partial charge >= 0.3 is 11.9 Å². The van der Waals surface area contributed by atoms with E-state index < -0.39 is 11.9 Å². The number of aryl methyl sites for hydroxylation is 1. The van der Waals surface area contributed by atoms with Crippen LogP contribution in [0.25, 0.3) is 0 Å². The van der Waals surface area contributed by atoms with Crippen molar-refractivity contribution in [2.75, 3.05) is 6.54 Å². The monoisotopic (exact) mass is 433 g/mol. The summed E-state index contributed by atoms with van der Waals surface area (Å²) in [4.78, 5) is 41.0. The molecule has 0 radical (unpaired) electrons. The number of nitrogens with zero attached hydrogens (tertiary/aromatic N) is 7. The molecule has 30 heavy (non-hydrogen) atoms. The van der Waals surface area contributed by atoms with Crippen LogP contribution in [0.1, 0.15) is 33.6 Å². The fourth-order valence-electron chi connectivity index (χ4n) is 2.87. The second kappa shape index (κ2) is 9.26. The van der Waals surface area contributed by atoms with Crippen molar-refractivity contribution in [1.29, 1.82) is 0 Å². The fourth-order valence-corrected chi connectivity index (χ4v) is 3.46. The van der Waals surface area contributed by atoms with E-state index in [2.05, 4.69) is 24.7 Å². The molecule has 0 saturated heterocycles. The maximum Gasteiger partial charge on any atom is 0.414 e. The molecule has 0 fully saturated rings. The molecule has 0 saturated carbocycles. The van der Waals surface area contributed by atoms with Gasteiger partial charge in [-0.15, -0.1) is 21.5 Å². The van der Waals surface area contributed by atoms with Gasteiger partial charge in [-0.3, -0.25) is 4.79 Å². The zero-order valence-corrected chi connectivity index (χ0v) is 16.8. The predicted octanol–water partition coefficient (Wildman–Crippen LogP) is 0.490. The lowest BCUT2D eigenvalue weighted by atomic mass is 10.3. The normalized spacial score (nSPS) is 13.0. The second-order valence-corrected chi connectivity index (χ2v) is 7.42. The maximum absolute atomic E-state index is 12.6. The van der Waals surface area contributed by atoms with Crippen molar-refractivity contribution in [3.05, 3.63) is 46.5 Å². The van der Waals surface area contributed by atoms with Crippen LogP contribution in [0.5, 0.6) is 0 Å². The summed E-state index contributed by atoms with van der Waals surface area (Å²) in [5, 5.41) is 26.1. The summed E-state index contributed by atoms with van der Waals surface area (Å²) in [7, 11) is 0. The highest BCUT2D eigenvalue weighted by atomic mass is 32.1. The zero-order valence-electron chi connectivity index (χ0n) is 16.0. The third-order valence-corrected chi connectivity index (χ3v) is 5.01. The lowest BCUT2D eigenvalue weighted by molar-refractivity contribution is -0.159. The first kappa shape index (κ1) is 21.1. The minimum atomic E-state index is -1.82. The highest BCUT2D eigenvalue weighted by Gasteiger charge is 2.24. The minimum absolute atomic E-state index is 0.0352. The molecule has 1 aliphatic heterocycles. The molecule has 3 aromatic rings. The summed E-state index contributed by atoms with van der Waals surface area (Å²) in [5.74, 6) is -1.97. The number of amides is 1. The molecule has 2 N–H and O–H groups in total. The molecule has 0 bridgehead atoms. The van der Waals surface area contributed by atoms with Crippen molar-refractivity contribution in [3.8, 4) is 0 Å². The van der Waals surface area contributed by atoms with E-state index in [1.165, 1.54) is 11.3 Å². The van der Waals surface area contributed by atoms with Gasteiger partial charge in [-0.2, -0.15) is 0 Å². The van der Waals surface area contributed by atoms with E-state index >= 15 is 0 Å². The van der Waals surface area contributed by atoms with Crippen LogP contribution in [0.2, 0.25) is 0 Å². The number of aromatic nitrogens is 6. The largest absolute Gasteiger partial charge is 0.473 e. The van der Waals surface area contributed by atoms with Gasteiger partial charge in [0.2, 0.25) is 0 Å². The number of imidazole rings is 1. The van der Waals surface area contributed by atoms with Crippen LogP contribution in [-0.2, 0) is 29.2 Å². The Kier molecular flexibility index (Phi) is 6.51. The fraction of sp³-hybridized carbons (Fsp3) is 0.353. The average molecular weight is 433 g/mol. The summed E-state index contributed by atoms with van der Waals surface area (Å²) in [5.41, 5.74) is 0.518. The third-order valence-electron chi connectivity index (χ3n) is 4.24. The van der Waals surface area contributed by atoms with Gasteiger partial charge < -0.3 is 24.2 Å². The Labute approximate surface area is 174 Å². The van der Waals surface area contributed by atoms with Gasteiger partial charge in [0.05, 0.1) is 24.4 Å². The zero-order chi connectivity index (χ0) is 21.7. The summed E-state index contributed by atoms with van der Waals surface area (Å²) >= 11 is 1.49. The lowest BCUT2D eigenvalue weighted by Gasteiger charge is -2.17. The quantitative estimate of drug-likeness (QED) is 0.561. The standard InChI is InChI=1S/C15H17N7OS.C2H2O4/c1-11-17-12(9-24-11)15(23)21-4-2-5-22-13(18-19-14(22)8-21)7-20-6-3-16-10-20;3-1(4)2(5)6/h3,6,9-10H,2,4-5,7-8H2,1H3;(H,3,4)(H,5,6). The van der Waals surface area contributed by atoms with E-state index in [0.717, 1.165) is 29.6 Å². The molecule has 0 atom stereocenters. The van der Waals surface area contributed by atoms with Crippen LogP contribution in [0.3, 0.4) is 0 Å². The number of aliphatic carboxylic acids is 2. The smallest absolute Gasteiger partial charge is 0.414 e. The molecule has 4 rings (SSSR count). The van der Waals surface area contributed by atoms with E-state index in [1.807, 2.05) is 28.0 Å². The maximum atomic E-state index is 12.6. The molecule has 1 amide bonds. The van der Waals surface area contributed by atoms with Gasteiger partial charge in [-0.05, 0) is 13.3 Å². The summed E-state index contributed by atoms with van der Waals surface area (Å²) in [6.07, 6.45) is 6.28. The van der Waals surface area contributed by atoms with Crippen LogP contribution in [0, 0.1) is 6.92 Å². The van der Waals surface area contributed by atoms with Gasteiger partial charge in [-0.1, -0.05) is 0 Å². The van der Waals surface area contributed by atoms with Crippen LogP contribution >= 0.6 is 11.3 Å². The van der Waals surface area contributed by atoms with Crippen LogP contribution in [-0.4, -0.2) is 68.8 Å². The Morgan fingerprint density at radius 2 is 1.93 bits per heavy atom. The number of carboxylic acid groups (broad SMARTS) is 2. The molecule has 0 unspecified atom stereocenters. The SMILES string of the molecule is Cc1nc(C(=O)N2CCCn3c(nnc3Cn3ccnc3)C2)cs1.O=C(O)C(=O)O. The van der Waals surface area contributed by atoms with E-state index in [0.29, 0.717) is 25.3 Å². The number of hydrogen-bond acceptors (Lipinski definition) is 8. The van der Waals surface area contributed by atoms with E-state index in [-0.39, 0.29) is 5.91 Å². The Morgan fingerprint density at radius 3 is 2.53 bits per heavy atom. The Bertz CT molecular complexity index is 1030. The Hall–Kier alpha value is -3.61. The van der Waals surface area contributed by atoms with Gasteiger partial charge in [-0.25, -0.2) is 19.6 Å². The van der Waals surface area contributed by atoms with Crippen molar-refractivity contribution in [2.24, 2.45) is 0 Å². The molecule has 0 spiro atoms. The predicted molar refractivity (Wildman–Crippen MR) is 103 cm³/mol. The summed E-state index contributed by atoms with van der Waals surface area (Å²) < 4.78 is 4.07. The van der Waals surface area contributed by atoms with Crippen molar-refractivity contribution in [1.82, 2.24) is 34.2 Å². The molecular weight excluding hydrogens is 414 g/mol. The van der Waals surface area contributed by atoms with E-state index in [9.17, 15) is 4.79 Å². The lowest BCUT2D eigenvalue weighted by Crippen LogP contribution is -2.31. The van der Waals surface area contributed by atoms with Crippen molar-refractivity contribution >= 4 is 29.2 Å². The topological polar surface area (TPSA) is 156 Å². The molecule has 0 aliphatic carbocycles. The van der Waals surface area contributed by atoms with Crippen molar-refractivity contribution in [2.45, 2.75) is 33.0 Å². The van der Waals surface area contributed by atoms with Crippen LogP contribution in [0.15, 0.2) is 24.1 Å². The number of fused-ring (bicyclic) bond motifs is 1. The number of carbonyl (C=O) groups is 3. The molecule has 13 heteroatoms. The highest BCUT2D eigenvalue weighted by molar-refractivity contribution is 7.09. The number of thiazole rings is 1. The summed E-state index contributed by atoms with van der Waals surface area (Å²) in [6.45, 7) is 4.51. The van der Waals surface area contributed by atoms with Gasteiger partial charge in [0, 0.05) is 30.9 Å². The third kappa shape index (κ3) is 5.05. The van der Waals surface area contributed by atoms with Gasteiger partial charge in [0.1, 0.15) is 5.69 Å². The minimum Gasteiger partial charge on any atom is -0.473 e. The number of rotatable bonds is 3. The Morgan fingerprint density at radius 1 is 1.17 bits per heavy atom. The van der Waals surface area contributed by atoms with Gasteiger partial charge in [0.25, 0.3) is 5.91 Å². The second-order valence-electron chi connectivity index (χ2n) is 6.36. The molecular formula is C17H19N7O5S. The first-order valence-electron chi connectivity index (χ1n) is 8.89. The Balaban J connectivity index is 0.000000377. The van der Waals surface area contributed by atoms with E-state index in [1.54, 1.807) is 12.5 Å². The number of carbonyl (C=O) groups excluding carboxylic acids is 1. The van der Waals surface area contributed by atoms with Crippen molar-refractivity contribution in [3.63, 3.8) is 0 Å². The van der Waals surface area contributed by atoms with Crippen LogP contribution < -0.4 is 0 Å². The number of hydrogen-bond donors (Lipinski definition) is 2. The van der Waals surface area contributed by atoms with Crippen molar-refractivity contribution < 1.29 is 24.6 Å². The first-order chi connectivity index (χ1) is 14.3. The van der Waals surface area contributed by atoms with Crippen LogP contribution in [0.4, 0.5) is 0 Å². The molecule has 1 aliphatic rings. The molecule has 12 nitrogen and oxygen atoms in total. The number of carboxylic acids is 2. The molecule has 0 aromatic carbocycles. The molecule has 3 aromatic heterocycles. The molecule has 4 heterocycles. The van der Waals surface area contributed by atoms with E-state index in [4.69, 9.17) is 19.8 Å². The average Bonchev–Trinajstić information content (AvgIpc) is 3.42.